The average molecular weight is 384 g/mol. The van der Waals surface area contributed by atoms with E-state index in [1.165, 1.54) is 28.0 Å². The third-order valence-electron chi connectivity index (χ3n) is 4.42. The Balaban J connectivity index is 1.66. The van der Waals surface area contributed by atoms with Crippen LogP contribution in [0.3, 0.4) is 0 Å². The van der Waals surface area contributed by atoms with Gasteiger partial charge in [0.2, 0.25) is 5.91 Å². The van der Waals surface area contributed by atoms with Crippen LogP contribution in [0.5, 0.6) is 0 Å². The van der Waals surface area contributed by atoms with Crippen molar-refractivity contribution < 1.29 is 9.59 Å². The quantitative estimate of drug-likeness (QED) is 0.782. The van der Waals surface area contributed by atoms with E-state index in [9.17, 15) is 9.59 Å². The number of nitrogens with one attached hydrogen (secondary N) is 1. The number of hydrogen-bond acceptors (Lipinski definition) is 5. The molecule has 3 rings (SSSR count). The molecule has 5 nitrogen and oxygen atoms in total. The van der Waals surface area contributed by atoms with E-state index in [4.69, 9.17) is 18.0 Å². The fourth-order valence-electron chi connectivity index (χ4n) is 3.15. The summed E-state index contributed by atoms with van der Waals surface area (Å²) >= 11 is 8.32. The van der Waals surface area contributed by atoms with Crippen LogP contribution in [-0.4, -0.2) is 39.4 Å². The molecule has 1 atom stereocenters. The first-order valence-electron chi connectivity index (χ1n) is 8.18. The number of amides is 2. The van der Waals surface area contributed by atoms with Crippen molar-refractivity contribution >= 4 is 56.5 Å². The first-order chi connectivity index (χ1) is 11.5. The lowest BCUT2D eigenvalue weighted by atomic mass is 10.1. The number of thioether (sulfide) groups is 1. The zero-order valence-electron chi connectivity index (χ0n) is 13.6. The molecule has 1 saturated heterocycles. The van der Waals surface area contributed by atoms with Crippen LogP contribution in [0, 0.1) is 0 Å². The van der Waals surface area contributed by atoms with E-state index in [0.29, 0.717) is 10.6 Å². The highest BCUT2D eigenvalue weighted by Gasteiger charge is 2.28. The van der Waals surface area contributed by atoms with Crippen LogP contribution in [0.1, 0.15) is 47.0 Å². The predicted molar refractivity (Wildman–Crippen MR) is 104 cm³/mol. The SMILES string of the molecule is CC(SC(=S)N1CCCC1)C(=O)Nc1sc2c(c1C(N)=O)CCC2. The molecule has 0 spiro atoms. The van der Waals surface area contributed by atoms with Gasteiger partial charge in [-0.3, -0.25) is 9.59 Å². The average Bonchev–Trinajstić information content (AvgIpc) is 3.22. The minimum absolute atomic E-state index is 0.135. The van der Waals surface area contributed by atoms with Gasteiger partial charge in [0.15, 0.2) is 0 Å². The maximum atomic E-state index is 12.5. The summed E-state index contributed by atoms with van der Waals surface area (Å²) in [4.78, 5) is 27.6. The maximum Gasteiger partial charge on any atom is 0.251 e. The van der Waals surface area contributed by atoms with Crippen molar-refractivity contribution in [2.45, 2.75) is 44.3 Å². The Hall–Kier alpha value is -1.12. The molecule has 2 heterocycles. The third kappa shape index (κ3) is 3.60. The Bertz CT molecular complexity index is 680. The van der Waals surface area contributed by atoms with E-state index in [2.05, 4.69) is 10.2 Å². The van der Waals surface area contributed by atoms with Crippen molar-refractivity contribution in [1.82, 2.24) is 4.90 Å². The summed E-state index contributed by atoms with van der Waals surface area (Å²) in [6.07, 6.45) is 5.18. The van der Waals surface area contributed by atoms with Crippen molar-refractivity contribution in [2.24, 2.45) is 5.73 Å². The van der Waals surface area contributed by atoms with Crippen LogP contribution in [0.15, 0.2) is 0 Å². The minimum atomic E-state index is -0.461. The number of primary amides is 1. The van der Waals surface area contributed by atoms with Gasteiger partial charge in [-0.05, 0) is 44.6 Å². The van der Waals surface area contributed by atoms with Gasteiger partial charge in [-0.15, -0.1) is 11.3 Å². The molecule has 1 aromatic rings. The first-order valence-corrected chi connectivity index (χ1v) is 10.3. The van der Waals surface area contributed by atoms with Gasteiger partial charge < -0.3 is 16.0 Å². The first kappa shape index (κ1) is 17.7. The number of hydrogen-bond donors (Lipinski definition) is 2. The molecule has 130 valence electrons. The highest BCUT2D eigenvalue weighted by atomic mass is 32.2. The standard InChI is InChI=1S/C16H21N3O2S3/c1-9(23-16(22)19-7-2-3-8-19)14(21)18-15-12(13(17)20)10-5-4-6-11(10)24-15/h9H,2-8H2,1H3,(H2,17,20)(H,18,21). The molecule has 3 N–H and O–H groups in total. The van der Waals surface area contributed by atoms with Crippen LogP contribution in [0.4, 0.5) is 5.00 Å². The molecule has 1 aliphatic heterocycles. The molecular weight excluding hydrogens is 362 g/mol. The lowest BCUT2D eigenvalue weighted by Gasteiger charge is -2.20. The van der Waals surface area contributed by atoms with Gasteiger partial charge in [0, 0.05) is 18.0 Å². The lowest BCUT2D eigenvalue weighted by Crippen LogP contribution is -2.29. The topological polar surface area (TPSA) is 75.4 Å². The highest BCUT2D eigenvalue weighted by Crippen LogP contribution is 2.39. The maximum absolute atomic E-state index is 12.5. The molecule has 24 heavy (non-hydrogen) atoms. The summed E-state index contributed by atoms with van der Waals surface area (Å²) in [7, 11) is 0. The fraction of sp³-hybridized carbons (Fsp3) is 0.562. The fourth-order valence-corrected chi connectivity index (χ4v) is 5.86. The minimum Gasteiger partial charge on any atom is -0.365 e. The normalized spacial score (nSPS) is 17.6. The summed E-state index contributed by atoms with van der Waals surface area (Å²) in [5.74, 6) is -0.596. The van der Waals surface area contributed by atoms with Crippen LogP contribution in [0.2, 0.25) is 0 Å². The second-order valence-electron chi connectivity index (χ2n) is 6.14. The van der Waals surface area contributed by atoms with Crippen molar-refractivity contribution in [3.05, 3.63) is 16.0 Å². The molecule has 1 unspecified atom stereocenters. The summed E-state index contributed by atoms with van der Waals surface area (Å²) in [5.41, 5.74) is 7.06. The zero-order valence-corrected chi connectivity index (χ0v) is 16.0. The van der Waals surface area contributed by atoms with E-state index < -0.39 is 5.91 Å². The Kier molecular flexibility index (Phi) is 5.46. The smallest absolute Gasteiger partial charge is 0.251 e. The number of nitrogens with two attached hydrogens (primary N) is 1. The van der Waals surface area contributed by atoms with Gasteiger partial charge >= 0.3 is 0 Å². The molecule has 8 heteroatoms. The lowest BCUT2D eigenvalue weighted by molar-refractivity contribution is -0.115. The third-order valence-corrected chi connectivity index (χ3v) is 7.20. The van der Waals surface area contributed by atoms with Crippen LogP contribution in [-0.2, 0) is 17.6 Å². The molecule has 0 bridgehead atoms. The molecule has 0 aromatic carbocycles. The second-order valence-corrected chi connectivity index (χ2v) is 9.21. The summed E-state index contributed by atoms with van der Waals surface area (Å²) in [5, 5.41) is 3.18. The van der Waals surface area contributed by atoms with Crippen LogP contribution < -0.4 is 11.1 Å². The number of aryl methyl sites for hydroxylation is 1. The summed E-state index contributed by atoms with van der Waals surface area (Å²) in [6, 6.07) is 0. The molecule has 0 saturated carbocycles. The Morgan fingerprint density at radius 1 is 1.29 bits per heavy atom. The highest BCUT2D eigenvalue weighted by molar-refractivity contribution is 8.23. The van der Waals surface area contributed by atoms with E-state index >= 15 is 0 Å². The zero-order chi connectivity index (χ0) is 17.3. The molecule has 1 aliphatic carbocycles. The van der Waals surface area contributed by atoms with Gasteiger partial charge in [0.05, 0.1) is 10.8 Å². The molecule has 1 fully saturated rings. The van der Waals surface area contributed by atoms with E-state index in [1.54, 1.807) is 0 Å². The molecule has 2 amide bonds. The summed E-state index contributed by atoms with van der Waals surface area (Å²) < 4.78 is 0.777. The number of carbonyl (C=O) groups excluding carboxylic acids is 2. The van der Waals surface area contributed by atoms with Crippen molar-refractivity contribution in [3.8, 4) is 0 Å². The number of thiophene rings is 1. The Morgan fingerprint density at radius 3 is 2.67 bits per heavy atom. The largest absolute Gasteiger partial charge is 0.365 e. The second kappa shape index (κ2) is 7.41. The van der Waals surface area contributed by atoms with Gasteiger partial charge in [-0.1, -0.05) is 24.0 Å². The van der Waals surface area contributed by atoms with Crippen LogP contribution in [0.25, 0.3) is 0 Å². The number of nitrogens with zero attached hydrogens (tertiary/aromatic N) is 1. The van der Waals surface area contributed by atoms with Crippen molar-refractivity contribution in [2.75, 3.05) is 18.4 Å². The van der Waals surface area contributed by atoms with Crippen molar-refractivity contribution in [1.29, 1.82) is 0 Å². The van der Waals surface area contributed by atoms with Gasteiger partial charge in [0.1, 0.15) is 9.32 Å². The van der Waals surface area contributed by atoms with E-state index in [0.717, 1.165) is 55.1 Å². The Labute approximate surface area is 155 Å². The van der Waals surface area contributed by atoms with E-state index in [1.807, 2.05) is 6.92 Å². The molecule has 1 aromatic heterocycles. The van der Waals surface area contributed by atoms with Gasteiger partial charge in [-0.25, -0.2) is 0 Å². The molecule has 2 aliphatic rings. The number of likely N-dealkylation sites (tertiary alicyclic amines) is 1. The number of thiocarbonyl (C=S) groups is 1. The Morgan fingerprint density at radius 2 is 2.00 bits per heavy atom. The molecular formula is C16H21N3O2S3. The van der Waals surface area contributed by atoms with E-state index in [-0.39, 0.29) is 11.2 Å². The molecule has 0 radical (unpaired) electrons. The predicted octanol–water partition coefficient (Wildman–Crippen LogP) is 2.78. The number of fused-ring (bicyclic) bond motifs is 1. The number of anilines is 1. The van der Waals surface area contributed by atoms with Crippen LogP contribution >= 0.6 is 35.3 Å². The number of rotatable bonds is 4. The summed E-state index contributed by atoms with van der Waals surface area (Å²) in [6.45, 7) is 3.79. The van der Waals surface area contributed by atoms with Gasteiger partial charge in [0.25, 0.3) is 5.91 Å². The monoisotopic (exact) mass is 383 g/mol. The number of carbonyl (C=O) groups is 2. The van der Waals surface area contributed by atoms with Gasteiger partial charge in [-0.2, -0.15) is 0 Å². The van der Waals surface area contributed by atoms with Crippen molar-refractivity contribution in [3.63, 3.8) is 0 Å².